The lowest BCUT2D eigenvalue weighted by Crippen LogP contribution is -2.47. The number of carbonyl (C=O) groups excluding carboxylic acids is 1. The molecular weight excluding hydrogens is 296 g/mol. The minimum Gasteiger partial charge on any atom is -0.347 e. The molecule has 0 atom stereocenters. The van der Waals surface area contributed by atoms with Gasteiger partial charge in [-0.25, -0.2) is 9.50 Å². The number of ether oxygens (including phenoxy) is 2. The summed E-state index contributed by atoms with van der Waals surface area (Å²) >= 11 is 0. The van der Waals surface area contributed by atoms with Gasteiger partial charge >= 0.3 is 0 Å². The summed E-state index contributed by atoms with van der Waals surface area (Å²) in [6.07, 6.45) is 3.04. The topological polar surface area (TPSA) is 69.0 Å². The van der Waals surface area contributed by atoms with Crippen LogP contribution < -0.4 is 0 Å². The van der Waals surface area contributed by atoms with Gasteiger partial charge in [-0.2, -0.15) is 5.10 Å². The fourth-order valence-electron chi connectivity index (χ4n) is 3.43. The lowest BCUT2D eigenvalue weighted by Gasteiger charge is -2.37. The number of likely N-dealkylation sites (tertiary alicyclic amines) is 1. The summed E-state index contributed by atoms with van der Waals surface area (Å²) in [5.74, 6) is -0.492. The fraction of sp³-hybridized carbons (Fsp3) is 0.562. The van der Waals surface area contributed by atoms with E-state index in [-0.39, 0.29) is 5.91 Å². The summed E-state index contributed by atoms with van der Waals surface area (Å²) < 4.78 is 13.1. The fourth-order valence-corrected chi connectivity index (χ4v) is 3.43. The largest absolute Gasteiger partial charge is 0.347 e. The molecule has 2 aromatic rings. The van der Waals surface area contributed by atoms with Crippen LogP contribution in [0.4, 0.5) is 0 Å². The second kappa shape index (κ2) is 5.28. The number of rotatable bonds is 1. The van der Waals surface area contributed by atoms with E-state index in [1.165, 1.54) is 0 Å². The number of piperidine rings is 1. The van der Waals surface area contributed by atoms with Crippen molar-refractivity contribution >= 4 is 11.6 Å². The Kier molecular flexibility index (Phi) is 3.35. The molecule has 0 aromatic carbocycles. The molecule has 2 fully saturated rings. The highest BCUT2D eigenvalue weighted by Gasteiger charge is 2.41. The molecule has 7 nitrogen and oxygen atoms in total. The maximum Gasteiger partial charge on any atom is 0.259 e. The van der Waals surface area contributed by atoms with Gasteiger partial charge in [-0.05, 0) is 19.9 Å². The zero-order valence-electron chi connectivity index (χ0n) is 13.4. The Hall–Kier alpha value is -1.99. The first kappa shape index (κ1) is 14.6. The van der Waals surface area contributed by atoms with Crippen molar-refractivity contribution in [3.05, 3.63) is 29.2 Å². The van der Waals surface area contributed by atoms with Crippen LogP contribution in [-0.2, 0) is 9.47 Å². The first-order valence-corrected chi connectivity index (χ1v) is 7.97. The number of nitrogens with zero attached hydrogens (tertiary/aromatic N) is 4. The van der Waals surface area contributed by atoms with E-state index in [4.69, 9.17) is 9.47 Å². The zero-order valence-corrected chi connectivity index (χ0v) is 13.4. The third kappa shape index (κ3) is 2.40. The van der Waals surface area contributed by atoms with Crippen LogP contribution in [0.5, 0.6) is 0 Å². The second-order valence-electron chi connectivity index (χ2n) is 6.23. The SMILES string of the molecule is Cc1cc(C)n2ncc(C(=O)N3CCC4(CC3)OCCO4)c2n1. The third-order valence-corrected chi connectivity index (χ3v) is 4.63. The smallest absolute Gasteiger partial charge is 0.259 e. The molecular formula is C16H20N4O3. The molecule has 7 heteroatoms. The monoisotopic (exact) mass is 316 g/mol. The molecule has 2 aliphatic heterocycles. The zero-order chi connectivity index (χ0) is 16.0. The van der Waals surface area contributed by atoms with Gasteiger partial charge in [0, 0.05) is 37.3 Å². The van der Waals surface area contributed by atoms with Crippen molar-refractivity contribution in [2.45, 2.75) is 32.5 Å². The van der Waals surface area contributed by atoms with Gasteiger partial charge < -0.3 is 14.4 Å². The lowest BCUT2D eigenvalue weighted by molar-refractivity contribution is -0.181. The highest BCUT2D eigenvalue weighted by atomic mass is 16.7. The summed E-state index contributed by atoms with van der Waals surface area (Å²) in [4.78, 5) is 19.2. The normalized spacial score (nSPS) is 20.5. The van der Waals surface area contributed by atoms with E-state index in [0.29, 0.717) is 50.4 Å². The first-order chi connectivity index (χ1) is 11.1. The van der Waals surface area contributed by atoms with Crippen LogP contribution in [0, 0.1) is 13.8 Å². The Labute approximate surface area is 134 Å². The minimum atomic E-state index is -0.469. The minimum absolute atomic E-state index is 0.0228. The van der Waals surface area contributed by atoms with E-state index in [2.05, 4.69) is 10.1 Å². The van der Waals surface area contributed by atoms with Crippen LogP contribution in [0.25, 0.3) is 5.65 Å². The summed E-state index contributed by atoms with van der Waals surface area (Å²) in [7, 11) is 0. The van der Waals surface area contributed by atoms with Crippen molar-refractivity contribution in [1.29, 1.82) is 0 Å². The van der Waals surface area contributed by atoms with Crippen LogP contribution in [0.3, 0.4) is 0 Å². The molecule has 2 aliphatic rings. The average Bonchev–Trinajstić information content (AvgIpc) is 3.15. The summed E-state index contributed by atoms with van der Waals surface area (Å²) in [6.45, 7) is 6.42. The van der Waals surface area contributed by atoms with Gasteiger partial charge in [0.05, 0.1) is 19.4 Å². The Bertz CT molecular complexity index is 754. The van der Waals surface area contributed by atoms with E-state index in [1.807, 2.05) is 24.8 Å². The van der Waals surface area contributed by atoms with Crippen molar-refractivity contribution in [2.24, 2.45) is 0 Å². The number of aromatic nitrogens is 3. The van der Waals surface area contributed by atoms with Gasteiger partial charge in [-0.15, -0.1) is 0 Å². The van der Waals surface area contributed by atoms with Crippen LogP contribution in [-0.4, -0.2) is 57.5 Å². The number of amides is 1. The van der Waals surface area contributed by atoms with Crippen LogP contribution in [0.1, 0.15) is 34.6 Å². The molecule has 2 saturated heterocycles. The van der Waals surface area contributed by atoms with Gasteiger partial charge in [0.2, 0.25) is 0 Å². The molecule has 1 amide bonds. The average molecular weight is 316 g/mol. The van der Waals surface area contributed by atoms with Gasteiger partial charge in [0.1, 0.15) is 5.56 Å². The molecule has 0 aliphatic carbocycles. The summed E-state index contributed by atoms with van der Waals surface area (Å²) in [5, 5.41) is 4.30. The molecule has 0 saturated carbocycles. The number of fused-ring (bicyclic) bond motifs is 1. The van der Waals surface area contributed by atoms with E-state index in [1.54, 1.807) is 10.7 Å². The molecule has 0 unspecified atom stereocenters. The van der Waals surface area contributed by atoms with E-state index in [0.717, 1.165) is 11.4 Å². The van der Waals surface area contributed by atoms with E-state index in [9.17, 15) is 4.79 Å². The van der Waals surface area contributed by atoms with E-state index >= 15 is 0 Å². The predicted octanol–water partition coefficient (Wildman–Crippen LogP) is 1.33. The van der Waals surface area contributed by atoms with Crippen molar-refractivity contribution in [2.75, 3.05) is 26.3 Å². The molecule has 122 valence electrons. The lowest BCUT2D eigenvalue weighted by atomic mass is 10.0. The molecule has 0 bridgehead atoms. The molecule has 1 spiro atoms. The van der Waals surface area contributed by atoms with Crippen molar-refractivity contribution in [3.8, 4) is 0 Å². The van der Waals surface area contributed by atoms with Crippen molar-refractivity contribution in [3.63, 3.8) is 0 Å². The Morgan fingerprint density at radius 2 is 1.91 bits per heavy atom. The molecule has 4 heterocycles. The Balaban J connectivity index is 1.58. The molecule has 4 rings (SSSR count). The van der Waals surface area contributed by atoms with Crippen LogP contribution in [0.2, 0.25) is 0 Å². The highest BCUT2D eigenvalue weighted by molar-refractivity contribution is 5.99. The van der Waals surface area contributed by atoms with Crippen molar-refractivity contribution in [1.82, 2.24) is 19.5 Å². The van der Waals surface area contributed by atoms with Crippen LogP contribution >= 0.6 is 0 Å². The van der Waals surface area contributed by atoms with E-state index < -0.39 is 5.79 Å². The number of carbonyl (C=O) groups is 1. The quantitative estimate of drug-likeness (QED) is 0.794. The Morgan fingerprint density at radius 1 is 1.22 bits per heavy atom. The highest BCUT2D eigenvalue weighted by Crippen LogP contribution is 2.31. The number of hydrogen-bond acceptors (Lipinski definition) is 5. The number of aryl methyl sites for hydroxylation is 2. The molecule has 23 heavy (non-hydrogen) atoms. The van der Waals surface area contributed by atoms with Gasteiger partial charge in [0.25, 0.3) is 5.91 Å². The Morgan fingerprint density at radius 3 is 2.61 bits per heavy atom. The molecule has 0 N–H and O–H groups in total. The van der Waals surface area contributed by atoms with Crippen LogP contribution in [0.15, 0.2) is 12.3 Å². The first-order valence-electron chi connectivity index (χ1n) is 7.97. The van der Waals surface area contributed by atoms with Gasteiger partial charge in [-0.3, -0.25) is 4.79 Å². The standard InChI is InChI=1S/C16H20N4O3/c1-11-9-12(2)20-14(18-11)13(10-17-20)15(21)19-5-3-16(4-6-19)22-7-8-23-16/h9-10H,3-8H2,1-2H3. The van der Waals surface area contributed by atoms with Gasteiger partial charge in [0.15, 0.2) is 11.4 Å². The summed E-state index contributed by atoms with van der Waals surface area (Å²) in [6, 6.07) is 1.95. The third-order valence-electron chi connectivity index (χ3n) is 4.63. The van der Waals surface area contributed by atoms with Crippen molar-refractivity contribution < 1.29 is 14.3 Å². The molecule has 2 aromatic heterocycles. The van der Waals surface area contributed by atoms with Gasteiger partial charge in [-0.1, -0.05) is 0 Å². The number of hydrogen-bond donors (Lipinski definition) is 0. The summed E-state index contributed by atoms with van der Waals surface area (Å²) in [5.41, 5.74) is 3.04. The maximum atomic E-state index is 12.9. The maximum absolute atomic E-state index is 12.9. The predicted molar refractivity (Wildman–Crippen MR) is 82.2 cm³/mol. The molecule has 0 radical (unpaired) electrons. The second-order valence-corrected chi connectivity index (χ2v) is 6.23.